The van der Waals surface area contributed by atoms with E-state index in [0.717, 1.165) is 24.9 Å². The Hall–Kier alpha value is -1.05. The summed E-state index contributed by atoms with van der Waals surface area (Å²) in [5.41, 5.74) is 0.644. The third-order valence-electron chi connectivity index (χ3n) is 2.09. The Morgan fingerprint density at radius 2 is 2.23 bits per heavy atom. The fourth-order valence-corrected chi connectivity index (χ4v) is 1.32. The Morgan fingerprint density at radius 3 is 2.85 bits per heavy atom. The monoisotopic (exact) mass is 180 g/mol. The van der Waals surface area contributed by atoms with E-state index in [0.29, 0.717) is 5.56 Å². The van der Waals surface area contributed by atoms with E-state index in [4.69, 9.17) is 4.42 Å². The summed E-state index contributed by atoms with van der Waals surface area (Å²) in [6.07, 6.45) is 8.21. The standard InChI is InChI=1S/C11H16O2/c1-2-3-4-5-6-11-7-10(8-12)9-13-11/h7-9H,2-6H2,1H3. The third kappa shape index (κ3) is 3.45. The quantitative estimate of drug-likeness (QED) is 0.497. The Labute approximate surface area is 78.9 Å². The van der Waals surface area contributed by atoms with E-state index in [1.165, 1.54) is 25.5 Å². The summed E-state index contributed by atoms with van der Waals surface area (Å²) in [5, 5.41) is 0. The van der Waals surface area contributed by atoms with Gasteiger partial charge in [-0.2, -0.15) is 0 Å². The maximum Gasteiger partial charge on any atom is 0.153 e. The molecule has 0 bridgehead atoms. The highest BCUT2D eigenvalue weighted by Crippen LogP contribution is 2.10. The van der Waals surface area contributed by atoms with Crippen molar-refractivity contribution in [3.63, 3.8) is 0 Å². The predicted octanol–water partition coefficient (Wildman–Crippen LogP) is 3.21. The first-order valence-corrected chi connectivity index (χ1v) is 4.89. The van der Waals surface area contributed by atoms with Crippen LogP contribution in [0, 0.1) is 0 Å². The van der Waals surface area contributed by atoms with Crippen LogP contribution in [0.4, 0.5) is 0 Å². The van der Waals surface area contributed by atoms with Gasteiger partial charge in [-0.15, -0.1) is 0 Å². The zero-order valence-electron chi connectivity index (χ0n) is 8.08. The molecule has 0 N–H and O–H groups in total. The van der Waals surface area contributed by atoms with Gasteiger partial charge < -0.3 is 4.42 Å². The molecule has 1 rings (SSSR count). The topological polar surface area (TPSA) is 30.2 Å². The molecular formula is C11H16O2. The summed E-state index contributed by atoms with van der Waals surface area (Å²) in [6, 6.07) is 1.82. The van der Waals surface area contributed by atoms with Gasteiger partial charge in [0.2, 0.25) is 0 Å². The minimum Gasteiger partial charge on any atom is -0.469 e. The molecule has 0 amide bonds. The maximum atomic E-state index is 10.3. The van der Waals surface area contributed by atoms with Gasteiger partial charge >= 0.3 is 0 Å². The summed E-state index contributed by atoms with van der Waals surface area (Å²) in [4.78, 5) is 10.3. The van der Waals surface area contributed by atoms with Crippen LogP contribution in [-0.4, -0.2) is 6.29 Å². The van der Waals surface area contributed by atoms with Crippen LogP contribution in [0.3, 0.4) is 0 Å². The summed E-state index contributed by atoms with van der Waals surface area (Å²) in [6.45, 7) is 2.19. The van der Waals surface area contributed by atoms with Crippen LogP contribution in [0.25, 0.3) is 0 Å². The summed E-state index contributed by atoms with van der Waals surface area (Å²) >= 11 is 0. The minimum atomic E-state index is 0.644. The Kier molecular flexibility index (Phi) is 4.30. The van der Waals surface area contributed by atoms with E-state index >= 15 is 0 Å². The molecule has 0 fully saturated rings. The van der Waals surface area contributed by atoms with Crippen molar-refractivity contribution in [2.45, 2.75) is 39.0 Å². The van der Waals surface area contributed by atoms with Crippen molar-refractivity contribution in [3.05, 3.63) is 23.7 Å². The average molecular weight is 180 g/mol. The molecule has 0 spiro atoms. The molecule has 72 valence electrons. The highest BCUT2D eigenvalue weighted by molar-refractivity contribution is 5.74. The predicted molar refractivity (Wildman–Crippen MR) is 51.9 cm³/mol. The van der Waals surface area contributed by atoms with E-state index in [9.17, 15) is 4.79 Å². The molecule has 0 unspecified atom stereocenters. The van der Waals surface area contributed by atoms with Gasteiger partial charge in [0.1, 0.15) is 12.0 Å². The van der Waals surface area contributed by atoms with E-state index < -0.39 is 0 Å². The Bertz CT molecular complexity index is 250. The van der Waals surface area contributed by atoms with Crippen LogP contribution < -0.4 is 0 Å². The second kappa shape index (κ2) is 5.57. The number of carbonyl (C=O) groups excluding carboxylic acids is 1. The third-order valence-corrected chi connectivity index (χ3v) is 2.09. The van der Waals surface area contributed by atoms with Gasteiger partial charge in [0.15, 0.2) is 6.29 Å². The van der Waals surface area contributed by atoms with Crippen LogP contribution in [0.2, 0.25) is 0 Å². The number of rotatable bonds is 6. The van der Waals surface area contributed by atoms with E-state index in [-0.39, 0.29) is 0 Å². The smallest absolute Gasteiger partial charge is 0.153 e. The van der Waals surface area contributed by atoms with Gasteiger partial charge in [-0.05, 0) is 12.5 Å². The first-order valence-electron chi connectivity index (χ1n) is 4.89. The van der Waals surface area contributed by atoms with Crippen molar-refractivity contribution in [2.24, 2.45) is 0 Å². The lowest BCUT2D eigenvalue weighted by Crippen LogP contribution is -1.82. The zero-order chi connectivity index (χ0) is 9.52. The molecule has 2 nitrogen and oxygen atoms in total. The molecule has 0 saturated carbocycles. The normalized spacial score (nSPS) is 10.2. The molecule has 1 aromatic rings. The minimum absolute atomic E-state index is 0.644. The second-order valence-corrected chi connectivity index (χ2v) is 3.27. The molecular weight excluding hydrogens is 164 g/mol. The van der Waals surface area contributed by atoms with Crippen LogP contribution >= 0.6 is 0 Å². The largest absolute Gasteiger partial charge is 0.469 e. The molecule has 0 aliphatic carbocycles. The number of hydrogen-bond donors (Lipinski definition) is 0. The van der Waals surface area contributed by atoms with Crippen LogP contribution in [0.5, 0.6) is 0 Å². The van der Waals surface area contributed by atoms with Crippen LogP contribution in [0.1, 0.15) is 48.7 Å². The number of hydrogen-bond acceptors (Lipinski definition) is 2. The molecule has 1 aromatic heterocycles. The van der Waals surface area contributed by atoms with Gasteiger partial charge in [0.05, 0.1) is 5.56 Å². The fraction of sp³-hybridized carbons (Fsp3) is 0.545. The lowest BCUT2D eigenvalue weighted by atomic mass is 10.1. The number of aryl methyl sites for hydroxylation is 1. The van der Waals surface area contributed by atoms with E-state index in [2.05, 4.69) is 6.92 Å². The highest BCUT2D eigenvalue weighted by Gasteiger charge is 1.99. The fourth-order valence-electron chi connectivity index (χ4n) is 1.32. The van der Waals surface area contributed by atoms with E-state index in [1.807, 2.05) is 6.07 Å². The number of carbonyl (C=O) groups is 1. The number of unbranched alkanes of at least 4 members (excludes halogenated alkanes) is 3. The van der Waals surface area contributed by atoms with Crippen LogP contribution in [-0.2, 0) is 6.42 Å². The number of aldehydes is 1. The summed E-state index contributed by atoms with van der Waals surface area (Å²) < 4.78 is 5.20. The highest BCUT2D eigenvalue weighted by atomic mass is 16.3. The van der Waals surface area contributed by atoms with Crippen molar-refractivity contribution in [2.75, 3.05) is 0 Å². The molecule has 0 saturated heterocycles. The lowest BCUT2D eigenvalue weighted by Gasteiger charge is -1.95. The Balaban J connectivity index is 2.24. The van der Waals surface area contributed by atoms with Gasteiger partial charge in [0.25, 0.3) is 0 Å². The van der Waals surface area contributed by atoms with Crippen molar-refractivity contribution >= 4 is 6.29 Å². The average Bonchev–Trinajstić information content (AvgIpc) is 2.60. The summed E-state index contributed by atoms with van der Waals surface area (Å²) in [7, 11) is 0. The molecule has 0 atom stereocenters. The first-order chi connectivity index (χ1) is 6.36. The van der Waals surface area contributed by atoms with Crippen molar-refractivity contribution in [1.29, 1.82) is 0 Å². The first kappa shape index (κ1) is 10.0. The van der Waals surface area contributed by atoms with Gasteiger partial charge in [-0.3, -0.25) is 4.79 Å². The molecule has 1 heterocycles. The molecule has 0 aromatic carbocycles. The molecule has 2 heteroatoms. The van der Waals surface area contributed by atoms with Crippen LogP contribution in [0.15, 0.2) is 16.7 Å². The summed E-state index contributed by atoms with van der Waals surface area (Å²) in [5.74, 6) is 0.929. The second-order valence-electron chi connectivity index (χ2n) is 3.27. The van der Waals surface area contributed by atoms with Gasteiger partial charge in [-0.25, -0.2) is 0 Å². The zero-order valence-corrected chi connectivity index (χ0v) is 8.08. The van der Waals surface area contributed by atoms with Gasteiger partial charge in [-0.1, -0.05) is 26.2 Å². The van der Waals surface area contributed by atoms with Crippen molar-refractivity contribution < 1.29 is 9.21 Å². The Morgan fingerprint density at radius 1 is 1.38 bits per heavy atom. The molecule has 13 heavy (non-hydrogen) atoms. The maximum absolute atomic E-state index is 10.3. The lowest BCUT2D eigenvalue weighted by molar-refractivity contribution is 0.112. The van der Waals surface area contributed by atoms with Gasteiger partial charge in [0, 0.05) is 6.42 Å². The molecule has 0 aliphatic rings. The van der Waals surface area contributed by atoms with Crippen molar-refractivity contribution in [3.8, 4) is 0 Å². The number of furan rings is 1. The van der Waals surface area contributed by atoms with Crippen molar-refractivity contribution in [1.82, 2.24) is 0 Å². The SMILES string of the molecule is CCCCCCc1cc(C=O)co1. The molecule has 0 radical (unpaired) electrons. The van der Waals surface area contributed by atoms with E-state index in [1.54, 1.807) is 0 Å². The molecule has 0 aliphatic heterocycles.